The van der Waals surface area contributed by atoms with Crippen molar-refractivity contribution in [3.63, 3.8) is 0 Å². The van der Waals surface area contributed by atoms with Crippen molar-refractivity contribution in [2.75, 3.05) is 32.8 Å². The lowest BCUT2D eigenvalue weighted by atomic mass is 10.1. The van der Waals surface area contributed by atoms with E-state index in [1.165, 1.54) is 28.2 Å². The summed E-state index contributed by atoms with van der Waals surface area (Å²) in [4.78, 5) is 79.3. The van der Waals surface area contributed by atoms with Crippen LogP contribution in [0.5, 0.6) is 0 Å². The number of hydrogen-bond acceptors (Lipinski definition) is 11. The van der Waals surface area contributed by atoms with Crippen molar-refractivity contribution in [2.24, 2.45) is 0 Å². The Bertz CT molecular complexity index is 1630. The molecule has 1 aliphatic heterocycles. The molecule has 1 saturated heterocycles. The molecule has 2 amide bonds. The van der Waals surface area contributed by atoms with Crippen molar-refractivity contribution in [1.82, 2.24) is 25.2 Å². The first-order valence-electron chi connectivity index (χ1n) is 15.5. The highest BCUT2D eigenvalue weighted by atomic mass is 16.8. The van der Waals surface area contributed by atoms with Crippen molar-refractivity contribution in [1.29, 1.82) is 0 Å². The molecule has 48 heavy (non-hydrogen) atoms. The van der Waals surface area contributed by atoms with Crippen molar-refractivity contribution in [3.05, 3.63) is 71.9 Å². The van der Waals surface area contributed by atoms with Crippen LogP contribution in [0, 0.1) is 0 Å². The molecule has 0 saturated carbocycles. The lowest BCUT2D eigenvalue weighted by molar-refractivity contribution is -0.158. The molecule has 3 aromatic rings. The molecule has 2 heterocycles. The minimum absolute atomic E-state index is 0.0407. The number of carboxylic acid groups (broad SMARTS) is 1. The minimum atomic E-state index is -1.13. The standard InChI is InChI=1S/C34H39N5O9/c1-5-46-33(45)48-39-18-16-38(17-19-39)31(42)25(14-15-28(40)47-34(2,3)4)37-30(41)27-21-26(23-12-9-13-24(20-23)32(43)44)35-29(36-27)22-10-7-6-8-11-22/h6-13,20-21,25H,5,14-19H2,1-4H3,(H,37,41)(H,43,44)/t25-/m0/s1. The fraction of sp³-hybridized carbons (Fsp3) is 0.382. The molecule has 0 bridgehead atoms. The number of carboxylic acids is 1. The first kappa shape index (κ1) is 35.5. The smallest absolute Gasteiger partial charge is 0.478 e. The van der Waals surface area contributed by atoms with Crippen LogP contribution in [0.4, 0.5) is 4.79 Å². The molecule has 0 radical (unpaired) electrons. The van der Waals surface area contributed by atoms with Crippen LogP contribution in [0.15, 0.2) is 60.7 Å². The highest BCUT2D eigenvalue weighted by Gasteiger charge is 2.32. The van der Waals surface area contributed by atoms with Gasteiger partial charge in [-0.25, -0.2) is 19.6 Å². The Balaban J connectivity index is 1.61. The molecule has 2 aromatic carbocycles. The van der Waals surface area contributed by atoms with Gasteiger partial charge in [-0.3, -0.25) is 14.4 Å². The minimum Gasteiger partial charge on any atom is -0.478 e. The Hall–Kier alpha value is -5.37. The second-order valence-electron chi connectivity index (χ2n) is 11.9. The molecule has 14 nitrogen and oxygen atoms in total. The van der Waals surface area contributed by atoms with Crippen molar-refractivity contribution in [2.45, 2.75) is 52.2 Å². The van der Waals surface area contributed by atoms with Crippen molar-refractivity contribution in [3.8, 4) is 22.6 Å². The fourth-order valence-corrected chi connectivity index (χ4v) is 4.85. The summed E-state index contributed by atoms with van der Waals surface area (Å²) in [6, 6.07) is 15.4. The molecule has 0 aliphatic carbocycles. The van der Waals surface area contributed by atoms with Crippen LogP contribution in [0.25, 0.3) is 22.6 Å². The molecule has 0 unspecified atom stereocenters. The van der Waals surface area contributed by atoms with Gasteiger partial charge in [0.2, 0.25) is 5.91 Å². The van der Waals surface area contributed by atoms with Gasteiger partial charge in [0.15, 0.2) is 5.82 Å². The van der Waals surface area contributed by atoms with Gasteiger partial charge in [0.25, 0.3) is 5.91 Å². The summed E-state index contributed by atoms with van der Waals surface area (Å²) in [5.74, 6) is -2.57. The number of hydrogen-bond donors (Lipinski definition) is 2. The second kappa shape index (κ2) is 16.0. The van der Waals surface area contributed by atoms with Crippen molar-refractivity contribution < 1.29 is 43.4 Å². The SMILES string of the molecule is CCOC(=O)ON1CCN(C(=O)[C@H](CCC(=O)OC(C)(C)C)NC(=O)c2cc(-c3cccc(C(=O)O)c3)nc(-c3ccccc3)n2)CC1. The Morgan fingerprint density at radius 1 is 0.917 bits per heavy atom. The lowest BCUT2D eigenvalue weighted by Gasteiger charge is -2.35. The fourth-order valence-electron chi connectivity index (χ4n) is 4.85. The number of nitrogens with one attached hydrogen (secondary N) is 1. The van der Waals surface area contributed by atoms with E-state index in [-0.39, 0.29) is 62.7 Å². The number of aromatic carboxylic acids is 1. The molecule has 14 heteroatoms. The van der Waals surface area contributed by atoms with Crippen LogP contribution >= 0.6 is 0 Å². The number of piperazine rings is 1. The summed E-state index contributed by atoms with van der Waals surface area (Å²) in [5.41, 5.74) is 0.595. The average molecular weight is 662 g/mol. The molecular formula is C34H39N5O9. The number of rotatable bonds is 11. The van der Waals surface area contributed by atoms with Gasteiger partial charge in [0, 0.05) is 30.6 Å². The van der Waals surface area contributed by atoms with Gasteiger partial charge < -0.3 is 29.6 Å². The largest absolute Gasteiger partial charge is 0.527 e. The van der Waals surface area contributed by atoms with Crippen LogP contribution in [0.2, 0.25) is 0 Å². The quantitative estimate of drug-likeness (QED) is 0.283. The second-order valence-corrected chi connectivity index (χ2v) is 11.9. The van der Waals surface area contributed by atoms with Crippen LogP contribution in [0.3, 0.4) is 0 Å². The van der Waals surface area contributed by atoms with Gasteiger partial charge >= 0.3 is 18.1 Å². The van der Waals surface area contributed by atoms with E-state index in [1.807, 2.05) is 6.07 Å². The highest BCUT2D eigenvalue weighted by molar-refractivity contribution is 5.97. The van der Waals surface area contributed by atoms with Crippen molar-refractivity contribution >= 4 is 29.9 Å². The van der Waals surface area contributed by atoms with Gasteiger partial charge in [-0.2, -0.15) is 0 Å². The third-order valence-corrected chi connectivity index (χ3v) is 7.07. The predicted molar refractivity (Wildman–Crippen MR) is 172 cm³/mol. The van der Waals surface area contributed by atoms with Crippen LogP contribution < -0.4 is 5.32 Å². The number of amides is 2. The number of hydroxylamine groups is 2. The van der Waals surface area contributed by atoms with E-state index in [4.69, 9.17) is 14.3 Å². The maximum absolute atomic E-state index is 13.8. The molecule has 1 aromatic heterocycles. The molecule has 1 aliphatic rings. The monoisotopic (exact) mass is 661 g/mol. The van der Waals surface area contributed by atoms with Gasteiger partial charge in [0.05, 0.1) is 31.0 Å². The molecule has 0 spiro atoms. The normalized spacial score (nSPS) is 14.0. The van der Waals surface area contributed by atoms with E-state index in [0.717, 1.165) is 0 Å². The van der Waals surface area contributed by atoms with E-state index in [0.29, 0.717) is 16.8 Å². The van der Waals surface area contributed by atoms with E-state index in [9.17, 15) is 29.1 Å². The van der Waals surface area contributed by atoms with Crippen LogP contribution in [-0.4, -0.2) is 99.4 Å². The Morgan fingerprint density at radius 2 is 1.60 bits per heavy atom. The van der Waals surface area contributed by atoms with E-state index >= 15 is 0 Å². The average Bonchev–Trinajstić information content (AvgIpc) is 3.06. The lowest BCUT2D eigenvalue weighted by Crippen LogP contribution is -2.55. The molecule has 2 N–H and O–H groups in total. The third kappa shape index (κ3) is 10.1. The molecular weight excluding hydrogens is 622 g/mol. The Morgan fingerprint density at radius 3 is 2.25 bits per heavy atom. The van der Waals surface area contributed by atoms with Gasteiger partial charge in [-0.15, -0.1) is 5.06 Å². The predicted octanol–water partition coefficient (Wildman–Crippen LogP) is 3.96. The van der Waals surface area contributed by atoms with Gasteiger partial charge in [0.1, 0.15) is 17.3 Å². The topological polar surface area (TPSA) is 178 Å². The van der Waals surface area contributed by atoms with Gasteiger partial charge in [-0.05, 0) is 52.3 Å². The van der Waals surface area contributed by atoms with Crippen LogP contribution in [0.1, 0.15) is 61.4 Å². The zero-order valence-electron chi connectivity index (χ0n) is 27.3. The summed E-state index contributed by atoms with van der Waals surface area (Å²) < 4.78 is 10.2. The first-order chi connectivity index (χ1) is 22.8. The number of carbonyl (C=O) groups is 5. The summed E-state index contributed by atoms with van der Waals surface area (Å²) >= 11 is 0. The molecule has 254 valence electrons. The van der Waals surface area contributed by atoms with Gasteiger partial charge in [-0.1, -0.05) is 42.5 Å². The number of carbonyl (C=O) groups excluding carboxylic acids is 4. The highest BCUT2D eigenvalue weighted by Crippen LogP contribution is 2.24. The zero-order valence-corrected chi connectivity index (χ0v) is 27.3. The molecule has 4 rings (SSSR count). The first-order valence-corrected chi connectivity index (χ1v) is 15.5. The molecule has 1 fully saturated rings. The van der Waals surface area contributed by atoms with Crippen LogP contribution in [-0.2, 0) is 23.9 Å². The number of esters is 1. The van der Waals surface area contributed by atoms with E-state index in [2.05, 4.69) is 15.3 Å². The maximum atomic E-state index is 13.8. The number of benzene rings is 2. The number of nitrogens with zero attached hydrogens (tertiary/aromatic N) is 4. The Labute approximate surface area is 278 Å². The molecule has 1 atom stereocenters. The number of aromatic nitrogens is 2. The maximum Gasteiger partial charge on any atom is 0.527 e. The van der Waals surface area contributed by atoms with E-state index < -0.39 is 41.6 Å². The summed E-state index contributed by atoms with van der Waals surface area (Å²) in [6.07, 6.45) is -1.04. The third-order valence-electron chi connectivity index (χ3n) is 7.07. The Kier molecular flexibility index (Phi) is 11.8. The zero-order chi connectivity index (χ0) is 34.8. The number of ether oxygens (including phenoxy) is 2. The summed E-state index contributed by atoms with van der Waals surface area (Å²) in [7, 11) is 0. The summed E-state index contributed by atoms with van der Waals surface area (Å²) in [5, 5.41) is 13.7. The van der Waals surface area contributed by atoms with E-state index in [1.54, 1.807) is 64.1 Å². The summed E-state index contributed by atoms with van der Waals surface area (Å²) in [6.45, 7) is 7.81.